The Labute approximate surface area is 128 Å². The summed E-state index contributed by atoms with van der Waals surface area (Å²) in [6.07, 6.45) is 2.09. The van der Waals surface area contributed by atoms with Gasteiger partial charge in [0.15, 0.2) is 0 Å². The van der Waals surface area contributed by atoms with E-state index in [2.05, 4.69) is 5.32 Å². The lowest BCUT2D eigenvalue weighted by Gasteiger charge is -2.29. The van der Waals surface area contributed by atoms with Crippen LogP contribution >= 0.6 is 0 Å². The number of piperidine rings is 1. The minimum Gasteiger partial charge on any atom is -0.326 e. The van der Waals surface area contributed by atoms with Crippen molar-refractivity contribution in [3.63, 3.8) is 0 Å². The molecule has 0 aromatic heterocycles. The molecule has 120 valence electrons. The summed E-state index contributed by atoms with van der Waals surface area (Å²) in [6.45, 7) is 0.661. The van der Waals surface area contributed by atoms with Crippen LogP contribution < -0.4 is 5.32 Å². The van der Waals surface area contributed by atoms with Crippen molar-refractivity contribution in [3.8, 4) is 0 Å². The van der Waals surface area contributed by atoms with E-state index in [1.54, 1.807) is 0 Å². The van der Waals surface area contributed by atoms with Crippen molar-refractivity contribution in [3.05, 3.63) is 34.4 Å². The third-order valence-corrected chi connectivity index (χ3v) is 4.94. The van der Waals surface area contributed by atoms with Crippen molar-refractivity contribution in [1.82, 2.24) is 4.31 Å². The molecule has 1 aliphatic heterocycles. The highest BCUT2D eigenvalue weighted by molar-refractivity contribution is 7.88. The number of carbonyl (C=O) groups excluding carboxylic acids is 1. The fourth-order valence-electron chi connectivity index (χ4n) is 2.36. The molecule has 1 aromatic carbocycles. The van der Waals surface area contributed by atoms with Crippen molar-refractivity contribution in [1.29, 1.82) is 0 Å². The lowest BCUT2D eigenvalue weighted by atomic mass is 9.97. The molecule has 1 aromatic rings. The number of nitro benzene ring substituents is 1. The minimum atomic E-state index is -3.21. The van der Waals surface area contributed by atoms with E-state index < -0.39 is 14.9 Å². The number of anilines is 1. The van der Waals surface area contributed by atoms with Gasteiger partial charge >= 0.3 is 0 Å². The number of nitrogens with one attached hydrogen (secondary N) is 1. The second-order valence-electron chi connectivity index (χ2n) is 5.23. The number of hydrogen-bond acceptors (Lipinski definition) is 5. The quantitative estimate of drug-likeness (QED) is 0.660. The lowest BCUT2D eigenvalue weighted by Crippen LogP contribution is -2.40. The van der Waals surface area contributed by atoms with Crippen LogP contribution in [0.5, 0.6) is 0 Å². The van der Waals surface area contributed by atoms with Gasteiger partial charge in [-0.2, -0.15) is 0 Å². The maximum Gasteiger partial charge on any atom is 0.269 e. The molecule has 9 heteroatoms. The van der Waals surface area contributed by atoms with E-state index in [1.165, 1.54) is 28.6 Å². The van der Waals surface area contributed by atoms with Crippen molar-refractivity contribution in [2.45, 2.75) is 12.8 Å². The van der Waals surface area contributed by atoms with Crippen LogP contribution in [0.2, 0.25) is 0 Å². The first kappa shape index (κ1) is 16.4. The molecule has 0 unspecified atom stereocenters. The normalized spacial score (nSPS) is 17.1. The summed E-state index contributed by atoms with van der Waals surface area (Å²) in [5.41, 5.74) is 0.445. The Morgan fingerprint density at radius 3 is 2.27 bits per heavy atom. The molecule has 0 aliphatic carbocycles. The fraction of sp³-hybridized carbons (Fsp3) is 0.462. The standard InChI is InChI=1S/C13H17N3O5S/c1-22(20,21)15-8-6-10(7-9-15)13(17)14-11-2-4-12(5-3-11)16(18)19/h2-5,10H,6-9H2,1H3,(H,14,17). The summed E-state index contributed by atoms with van der Waals surface area (Å²) >= 11 is 0. The van der Waals surface area contributed by atoms with Crippen LogP contribution in [0.25, 0.3) is 0 Å². The van der Waals surface area contributed by atoms with Crippen LogP contribution in [0, 0.1) is 16.0 Å². The van der Waals surface area contributed by atoms with E-state index in [4.69, 9.17) is 0 Å². The molecule has 8 nitrogen and oxygen atoms in total. The van der Waals surface area contributed by atoms with Crippen LogP contribution in [0.3, 0.4) is 0 Å². The number of nitro groups is 1. The fourth-order valence-corrected chi connectivity index (χ4v) is 3.23. The zero-order valence-corrected chi connectivity index (χ0v) is 12.9. The first-order valence-electron chi connectivity index (χ1n) is 6.78. The lowest BCUT2D eigenvalue weighted by molar-refractivity contribution is -0.384. The maximum atomic E-state index is 12.1. The van der Waals surface area contributed by atoms with E-state index in [1.807, 2.05) is 0 Å². The zero-order chi connectivity index (χ0) is 16.3. The SMILES string of the molecule is CS(=O)(=O)N1CCC(C(=O)Nc2ccc([N+](=O)[O-])cc2)CC1. The van der Waals surface area contributed by atoms with Gasteiger partial charge in [0.1, 0.15) is 0 Å². The van der Waals surface area contributed by atoms with Crippen LogP contribution in [0.15, 0.2) is 24.3 Å². The zero-order valence-electron chi connectivity index (χ0n) is 12.1. The van der Waals surface area contributed by atoms with Gasteiger partial charge < -0.3 is 5.32 Å². The average molecular weight is 327 g/mol. The Morgan fingerprint density at radius 2 is 1.82 bits per heavy atom. The Bertz CT molecular complexity index is 663. The molecule has 0 radical (unpaired) electrons. The van der Waals surface area contributed by atoms with Crippen LogP contribution in [0.4, 0.5) is 11.4 Å². The molecule has 1 aliphatic rings. The minimum absolute atomic E-state index is 0.0422. The van der Waals surface area contributed by atoms with E-state index in [9.17, 15) is 23.3 Å². The predicted octanol–water partition coefficient (Wildman–Crippen LogP) is 1.20. The summed E-state index contributed by atoms with van der Waals surface area (Å²) in [5, 5.41) is 13.3. The second-order valence-corrected chi connectivity index (χ2v) is 7.21. The van der Waals surface area contributed by atoms with Crippen molar-refractivity contribution < 1.29 is 18.1 Å². The summed E-state index contributed by atoms with van der Waals surface area (Å²) in [5.74, 6) is -0.449. The van der Waals surface area contributed by atoms with Crippen molar-refractivity contribution in [2.24, 2.45) is 5.92 Å². The summed E-state index contributed by atoms with van der Waals surface area (Å²) in [4.78, 5) is 22.2. The Hall–Kier alpha value is -2.00. The summed E-state index contributed by atoms with van der Waals surface area (Å²) < 4.78 is 24.2. The molecular formula is C13H17N3O5S. The maximum absolute atomic E-state index is 12.1. The molecule has 0 saturated carbocycles. The molecule has 1 amide bonds. The number of amides is 1. The highest BCUT2D eigenvalue weighted by atomic mass is 32.2. The summed E-state index contributed by atoms with van der Waals surface area (Å²) in [7, 11) is -3.21. The highest BCUT2D eigenvalue weighted by Gasteiger charge is 2.28. The molecule has 0 atom stereocenters. The molecule has 0 spiro atoms. The topological polar surface area (TPSA) is 110 Å². The predicted molar refractivity (Wildman–Crippen MR) is 80.9 cm³/mol. The van der Waals surface area contributed by atoms with Gasteiger partial charge in [-0.3, -0.25) is 14.9 Å². The summed E-state index contributed by atoms with van der Waals surface area (Å²) in [6, 6.07) is 5.59. The first-order valence-corrected chi connectivity index (χ1v) is 8.62. The number of sulfonamides is 1. The van der Waals surface area contributed by atoms with Gasteiger partial charge in [0.05, 0.1) is 11.2 Å². The average Bonchev–Trinajstić information content (AvgIpc) is 2.47. The van der Waals surface area contributed by atoms with Crippen LogP contribution in [-0.4, -0.2) is 42.9 Å². The van der Waals surface area contributed by atoms with E-state index in [-0.39, 0.29) is 17.5 Å². The van der Waals surface area contributed by atoms with Gasteiger partial charge in [-0.25, -0.2) is 12.7 Å². The van der Waals surface area contributed by atoms with Gasteiger partial charge in [0, 0.05) is 36.8 Å². The second kappa shape index (κ2) is 6.41. The largest absolute Gasteiger partial charge is 0.326 e. The van der Waals surface area contributed by atoms with Crippen LogP contribution in [0.1, 0.15) is 12.8 Å². The first-order chi connectivity index (χ1) is 10.3. The highest BCUT2D eigenvalue weighted by Crippen LogP contribution is 2.22. The van der Waals surface area contributed by atoms with Crippen molar-refractivity contribution >= 4 is 27.3 Å². The Kier molecular flexibility index (Phi) is 4.77. The monoisotopic (exact) mass is 327 g/mol. The van der Waals surface area contributed by atoms with Gasteiger partial charge in [-0.05, 0) is 25.0 Å². The molecule has 22 heavy (non-hydrogen) atoms. The number of hydrogen-bond donors (Lipinski definition) is 1. The third-order valence-electron chi connectivity index (χ3n) is 3.64. The van der Waals surface area contributed by atoms with E-state index in [0.717, 1.165) is 6.26 Å². The molecule has 2 rings (SSSR count). The molecule has 1 saturated heterocycles. The van der Waals surface area contributed by atoms with Gasteiger partial charge in [0.2, 0.25) is 15.9 Å². The molecule has 1 N–H and O–H groups in total. The molecule has 0 bridgehead atoms. The van der Waals surface area contributed by atoms with Crippen molar-refractivity contribution in [2.75, 3.05) is 24.7 Å². The van der Waals surface area contributed by atoms with E-state index in [0.29, 0.717) is 31.6 Å². The van der Waals surface area contributed by atoms with Gasteiger partial charge in [0.25, 0.3) is 5.69 Å². The van der Waals surface area contributed by atoms with Crippen LogP contribution in [-0.2, 0) is 14.8 Å². The smallest absolute Gasteiger partial charge is 0.269 e. The molecular weight excluding hydrogens is 310 g/mol. The molecule has 1 fully saturated rings. The third kappa shape index (κ3) is 4.01. The van der Waals surface area contributed by atoms with E-state index >= 15 is 0 Å². The Balaban J connectivity index is 1.92. The number of carbonyl (C=O) groups is 1. The molecule has 1 heterocycles. The number of benzene rings is 1. The Morgan fingerprint density at radius 1 is 1.27 bits per heavy atom. The number of non-ortho nitro benzene ring substituents is 1. The number of rotatable bonds is 4. The number of nitrogens with zero attached hydrogens (tertiary/aromatic N) is 2. The van der Waals surface area contributed by atoms with Gasteiger partial charge in [-0.1, -0.05) is 0 Å². The van der Waals surface area contributed by atoms with Gasteiger partial charge in [-0.15, -0.1) is 0 Å².